The highest BCUT2D eigenvalue weighted by Crippen LogP contribution is 2.29. The van der Waals surface area contributed by atoms with Crippen LogP contribution >= 0.6 is 0 Å². The summed E-state index contributed by atoms with van der Waals surface area (Å²) in [6.07, 6.45) is 0.999. The van der Waals surface area contributed by atoms with Crippen molar-refractivity contribution >= 4 is 29.3 Å². The Morgan fingerprint density at radius 1 is 0.907 bits per heavy atom. The van der Waals surface area contributed by atoms with Crippen molar-refractivity contribution in [3.05, 3.63) is 82.4 Å². The average Bonchev–Trinajstić information content (AvgIpc) is 2.89. The van der Waals surface area contributed by atoms with Gasteiger partial charge in [0.25, 0.3) is 5.91 Å². The summed E-state index contributed by atoms with van der Waals surface area (Å²) < 4.78 is 33.3. The van der Waals surface area contributed by atoms with Crippen molar-refractivity contribution in [2.45, 2.75) is 79.1 Å². The Bertz CT molecular complexity index is 1490. The van der Waals surface area contributed by atoms with Crippen molar-refractivity contribution < 1.29 is 33.0 Å². The monoisotopic (exact) mass is 595 g/mol. The van der Waals surface area contributed by atoms with E-state index in [1.54, 1.807) is 27.7 Å². The van der Waals surface area contributed by atoms with Crippen LogP contribution < -0.4 is 16.0 Å². The third-order valence-electron chi connectivity index (χ3n) is 6.70. The molecule has 0 unspecified atom stereocenters. The van der Waals surface area contributed by atoms with Crippen LogP contribution in [0.1, 0.15) is 68.1 Å². The van der Waals surface area contributed by atoms with E-state index in [2.05, 4.69) is 22.9 Å². The molecule has 4 N–H and O–H groups in total. The van der Waals surface area contributed by atoms with Gasteiger partial charge in [-0.15, -0.1) is 0 Å². The second kappa shape index (κ2) is 13.8. The number of urea groups is 1. The Morgan fingerprint density at radius 3 is 2.07 bits per heavy atom. The van der Waals surface area contributed by atoms with Crippen LogP contribution in [0.5, 0.6) is 0 Å². The topological polar surface area (TPSA) is 117 Å². The first-order valence-electron chi connectivity index (χ1n) is 14.1. The van der Waals surface area contributed by atoms with Crippen molar-refractivity contribution in [1.82, 2.24) is 5.32 Å². The summed E-state index contributed by atoms with van der Waals surface area (Å²) in [5, 5.41) is 17.8. The predicted octanol–water partition coefficient (Wildman–Crippen LogP) is 7.23. The molecule has 3 amide bonds. The second-order valence-corrected chi connectivity index (χ2v) is 11.5. The van der Waals surface area contributed by atoms with Gasteiger partial charge in [-0.25, -0.2) is 18.4 Å². The highest BCUT2D eigenvalue weighted by atomic mass is 19.2. The molecule has 10 heteroatoms. The number of carbonyl (C=O) groups is 3. The number of nitrogens with one attached hydrogen (secondary N) is 3. The molecular formula is C33H39F2N3O5. The van der Waals surface area contributed by atoms with E-state index >= 15 is 0 Å². The number of aliphatic carboxylic acids is 1. The zero-order valence-electron chi connectivity index (χ0n) is 25.5. The van der Waals surface area contributed by atoms with Gasteiger partial charge >= 0.3 is 12.0 Å². The minimum absolute atomic E-state index is 0.0312. The number of halogens is 2. The maximum absolute atomic E-state index is 14.0. The molecule has 0 aliphatic carbocycles. The van der Waals surface area contributed by atoms with E-state index in [1.165, 1.54) is 24.3 Å². The molecule has 43 heavy (non-hydrogen) atoms. The highest BCUT2D eigenvalue weighted by molar-refractivity contribution is 6.08. The Balaban J connectivity index is 1.98. The maximum Gasteiger partial charge on any atom is 0.328 e. The van der Waals surface area contributed by atoms with Crippen molar-refractivity contribution in [2.75, 3.05) is 10.6 Å². The van der Waals surface area contributed by atoms with E-state index in [4.69, 9.17) is 4.74 Å². The lowest BCUT2D eigenvalue weighted by Crippen LogP contribution is -2.50. The number of benzene rings is 3. The zero-order chi connectivity index (χ0) is 32.1. The molecule has 230 valence electrons. The summed E-state index contributed by atoms with van der Waals surface area (Å²) in [6.45, 7) is 12.7. The number of ether oxygens (including phenoxy) is 1. The first kappa shape index (κ1) is 33.2. The lowest BCUT2D eigenvalue weighted by atomic mass is 10.0. The van der Waals surface area contributed by atoms with Gasteiger partial charge in [-0.3, -0.25) is 4.79 Å². The van der Waals surface area contributed by atoms with E-state index in [9.17, 15) is 28.3 Å². The van der Waals surface area contributed by atoms with Gasteiger partial charge in [0.05, 0.1) is 23.0 Å². The van der Waals surface area contributed by atoms with Gasteiger partial charge in [0.2, 0.25) is 0 Å². The molecular weight excluding hydrogens is 556 g/mol. The van der Waals surface area contributed by atoms with Crippen molar-refractivity contribution in [3.63, 3.8) is 0 Å². The van der Waals surface area contributed by atoms with Crippen LogP contribution in [-0.2, 0) is 16.0 Å². The Hall–Kier alpha value is -4.31. The fourth-order valence-electron chi connectivity index (χ4n) is 4.88. The molecule has 8 nitrogen and oxygen atoms in total. The quantitative estimate of drug-likeness (QED) is 0.197. The van der Waals surface area contributed by atoms with Gasteiger partial charge in [0.15, 0.2) is 17.7 Å². The number of aryl methyl sites for hydroxylation is 3. The molecule has 0 radical (unpaired) electrons. The molecule has 0 aliphatic rings. The second-order valence-electron chi connectivity index (χ2n) is 11.5. The number of carboxylic acids is 1. The van der Waals surface area contributed by atoms with Crippen molar-refractivity contribution in [2.24, 2.45) is 0 Å². The fraction of sp³-hybridized carbons (Fsp3) is 0.364. The number of anilines is 2. The largest absolute Gasteiger partial charge is 0.480 e. The summed E-state index contributed by atoms with van der Waals surface area (Å²) in [5.74, 6) is -4.14. The molecule has 3 aromatic carbocycles. The molecule has 0 heterocycles. The van der Waals surface area contributed by atoms with E-state index in [0.29, 0.717) is 16.8 Å². The Labute approximate surface area is 250 Å². The lowest BCUT2D eigenvalue weighted by molar-refractivity contribution is -0.146. The van der Waals surface area contributed by atoms with E-state index in [0.717, 1.165) is 41.7 Å². The Kier molecular flexibility index (Phi) is 10.6. The molecule has 0 saturated carbocycles. The van der Waals surface area contributed by atoms with E-state index < -0.39 is 47.3 Å². The molecule has 0 spiro atoms. The first-order chi connectivity index (χ1) is 20.1. The molecule has 3 rings (SSSR count). The van der Waals surface area contributed by atoms with Crippen molar-refractivity contribution in [3.8, 4) is 11.1 Å². The van der Waals surface area contributed by atoms with Crippen LogP contribution in [0.15, 0.2) is 48.5 Å². The third kappa shape index (κ3) is 8.84. The van der Waals surface area contributed by atoms with Crippen LogP contribution in [0.3, 0.4) is 0 Å². The van der Waals surface area contributed by atoms with Gasteiger partial charge < -0.3 is 25.8 Å². The number of hydrogen-bond acceptors (Lipinski definition) is 4. The maximum atomic E-state index is 14.0. The number of carbonyl (C=O) groups excluding carboxylic acids is 2. The normalized spacial score (nSPS) is 12.8. The van der Waals surface area contributed by atoms with Crippen LogP contribution in [-0.4, -0.2) is 40.8 Å². The summed E-state index contributed by atoms with van der Waals surface area (Å²) in [4.78, 5) is 38.7. The number of amides is 3. The summed E-state index contributed by atoms with van der Waals surface area (Å²) in [7, 11) is 0. The third-order valence-corrected chi connectivity index (χ3v) is 6.70. The number of carboxylic acid groups (broad SMARTS) is 1. The van der Waals surface area contributed by atoms with Gasteiger partial charge in [0.1, 0.15) is 0 Å². The SMILES string of the molecule is CCCc1cc(C)c(NC(=O)Nc2cc(-c3ccc(F)c(F)c3)ccc2C(=O)N[C@H](C(=O)O)[C@@H](C)OC(C)(C)C)c(C)c1. The average molecular weight is 596 g/mol. The standard InChI is InChI=1S/C33H39F2N3O5/c1-8-9-21-14-18(2)28(19(3)15-21)38-32(42)36-27-17-23(22-11-13-25(34)26(35)16-22)10-12-24(27)30(39)37-29(31(40)41)20(4)43-33(5,6)7/h10-17,20,29H,8-9H2,1-7H3,(H,37,39)(H,40,41)(H2,36,38,42)/t20-,29+/m1/s1. The molecule has 0 aliphatic heterocycles. The number of rotatable bonds is 10. The van der Waals surface area contributed by atoms with E-state index in [-0.39, 0.29) is 11.3 Å². The van der Waals surface area contributed by atoms with Gasteiger partial charge in [-0.05, 0) is 100 Å². The smallest absolute Gasteiger partial charge is 0.328 e. The lowest BCUT2D eigenvalue weighted by Gasteiger charge is -2.29. The molecule has 0 aromatic heterocycles. The van der Waals surface area contributed by atoms with Crippen LogP contribution in [0.4, 0.5) is 25.0 Å². The van der Waals surface area contributed by atoms with Gasteiger partial charge in [-0.2, -0.15) is 0 Å². The van der Waals surface area contributed by atoms with Crippen LogP contribution in [0, 0.1) is 25.5 Å². The molecule has 0 bridgehead atoms. The summed E-state index contributed by atoms with van der Waals surface area (Å²) in [6, 6.07) is 9.63. The van der Waals surface area contributed by atoms with Crippen LogP contribution in [0.25, 0.3) is 11.1 Å². The first-order valence-corrected chi connectivity index (χ1v) is 14.1. The molecule has 2 atom stereocenters. The van der Waals surface area contributed by atoms with Gasteiger partial charge in [-0.1, -0.05) is 37.6 Å². The summed E-state index contributed by atoms with van der Waals surface area (Å²) in [5.41, 5.74) is 3.52. The zero-order valence-corrected chi connectivity index (χ0v) is 25.5. The molecule has 3 aromatic rings. The predicted molar refractivity (Wildman–Crippen MR) is 164 cm³/mol. The van der Waals surface area contributed by atoms with Crippen molar-refractivity contribution in [1.29, 1.82) is 0 Å². The number of hydrogen-bond donors (Lipinski definition) is 4. The Morgan fingerprint density at radius 2 is 1.51 bits per heavy atom. The van der Waals surface area contributed by atoms with E-state index in [1.807, 2.05) is 26.0 Å². The fourth-order valence-corrected chi connectivity index (χ4v) is 4.88. The highest BCUT2D eigenvalue weighted by Gasteiger charge is 2.31. The molecule has 0 saturated heterocycles. The van der Waals surface area contributed by atoms with Crippen LogP contribution in [0.2, 0.25) is 0 Å². The van der Waals surface area contributed by atoms with Gasteiger partial charge in [0, 0.05) is 5.69 Å². The minimum atomic E-state index is -1.40. The summed E-state index contributed by atoms with van der Waals surface area (Å²) >= 11 is 0. The molecule has 0 fully saturated rings. The minimum Gasteiger partial charge on any atom is -0.480 e.